The van der Waals surface area contributed by atoms with E-state index in [0.717, 1.165) is 47.8 Å². The third-order valence-corrected chi connectivity index (χ3v) is 6.43. The number of halogens is 1. The van der Waals surface area contributed by atoms with Crippen molar-refractivity contribution in [1.29, 1.82) is 0 Å². The molecule has 37 heavy (non-hydrogen) atoms. The van der Waals surface area contributed by atoms with Crippen LogP contribution in [0.25, 0.3) is 11.2 Å². The van der Waals surface area contributed by atoms with Gasteiger partial charge >= 0.3 is 0 Å². The first-order chi connectivity index (χ1) is 17.6. The lowest BCUT2D eigenvalue weighted by atomic mass is 9.98. The Morgan fingerprint density at radius 3 is 2.32 bits per heavy atom. The molecule has 0 saturated carbocycles. The molecule has 196 valence electrons. The number of hydrogen-bond donors (Lipinski definition) is 2. The van der Waals surface area contributed by atoms with Gasteiger partial charge in [0.05, 0.1) is 34.8 Å². The minimum absolute atomic E-state index is 0. The number of imidazole rings is 1. The average Bonchev–Trinajstić information content (AvgIpc) is 3.40. The molecule has 5 rings (SSSR count). The monoisotopic (exact) mass is 526 g/mol. The molecule has 0 bridgehead atoms. The molecule has 0 unspecified atom stereocenters. The number of ether oxygens (including phenoxy) is 4. The summed E-state index contributed by atoms with van der Waals surface area (Å²) < 4.78 is 21.7. The van der Waals surface area contributed by atoms with Crippen LogP contribution >= 0.6 is 12.4 Å². The Morgan fingerprint density at radius 2 is 1.59 bits per heavy atom. The number of H-pyrrole nitrogens is 1. The van der Waals surface area contributed by atoms with Crippen molar-refractivity contribution in [1.82, 2.24) is 19.9 Å². The van der Waals surface area contributed by atoms with E-state index in [4.69, 9.17) is 23.9 Å². The Hall–Kier alpha value is -3.92. The molecule has 1 aliphatic rings. The lowest BCUT2D eigenvalue weighted by Gasteiger charge is -2.30. The van der Waals surface area contributed by atoms with Gasteiger partial charge in [-0.05, 0) is 53.8 Å². The van der Waals surface area contributed by atoms with Crippen LogP contribution in [0.5, 0.6) is 23.0 Å². The van der Waals surface area contributed by atoms with Crippen molar-refractivity contribution in [3.63, 3.8) is 0 Å². The minimum Gasteiger partial charge on any atom is -0.493 e. The minimum atomic E-state index is 0. The zero-order chi connectivity index (χ0) is 25.1. The smallest absolute Gasteiger partial charge is 0.226 e. The molecule has 10 nitrogen and oxygen atoms in total. The van der Waals surface area contributed by atoms with Crippen LogP contribution in [0, 0.1) is 0 Å². The van der Waals surface area contributed by atoms with Gasteiger partial charge in [-0.15, -0.1) is 12.4 Å². The number of hydrogen-bond acceptors (Lipinski definition) is 9. The van der Waals surface area contributed by atoms with Gasteiger partial charge in [0.2, 0.25) is 5.95 Å². The fraction of sp³-hybridized carbons (Fsp3) is 0.346. The normalized spacial score (nSPS) is 12.5. The van der Waals surface area contributed by atoms with Gasteiger partial charge < -0.3 is 34.1 Å². The van der Waals surface area contributed by atoms with Crippen molar-refractivity contribution in [2.45, 2.75) is 19.4 Å². The summed E-state index contributed by atoms with van der Waals surface area (Å²) in [5, 5.41) is 3.36. The summed E-state index contributed by atoms with van der Waals surface area (Å²) >= 11 is 0. The third kappa shape index (κ3) is 5.29. The van der Waals surface area contributed by atoms with Crippen molar-refractivity contribution in [2.24, 2.45) is 0 Å². The Kier molecular flexibility index (Phi) is 8.08. The van der Waals surface area contributed by atoms with E-state index in [2.05, 4.69) is 31.2 Å². The highest BCUT2D eigenvalue weighted by molar-refractivity contribution is 5.85. The average molecular weight is 527 g/mol. The summed E-state index contributed by atoms with van der Waals surface area (Å²) in [6, 6.07) is 10.0. The van der Waals surface area contributed by atoms with Crippen LogP contribution in [0.4, 0.5) is 11.8 Å². The maximum atomic E-state index is 5.52. The maximum absolute atomic E-state index is 5.52. The quantitative estimate of drug-likeness (QED) is 0.334. The van der Waals surface area contributed by atoms with Crippen LogP contribution in [0.15, 0.2) is 36.7 Å². The predicted molar refractivity (Wildman–Crippen MR) is 145 cm³/mol. The molecule has 2 N–H and O–H groups in total. The number of rotatable bonds is 9. The molecule has 4 aromatic rings. The van der Waals surface area contributed by atoms with Crippen molar-refractivity contribution in [3.8, 4) is 23.0 Å². The van der Waals surface area contributed by atoms with Gasteiger partial charge in [0.25, 0.3) is 0 Å². The van der Waals surface area contributed by atoms with E-state index in [1.54, 1.807) is 34.8 Å². The van der Waals surface area contributed by atoms with E-state index in [9.17, 15) is 0 Å². The summed E-state index contributed by atoms with van der Waals surface area (Å²) in [6.07, 6.45) is 3.30. The van der Waals surface area contributed by atoms with E-state index in [1.165, 1.54) is 11.1 Å². The molecule has 3 heterocycles. The fourth-order valence-electron chi connectivity index (χ4n) is 4.54. The van der Waals surface area contributed by atoms with Crippen molar-refractivity contribution < 1.29 is 18.9 Å². The topological polar surface area (TPSA) is 107 Å². The second-order valence-corrected chi connectivity index (χ2v) is 8.49. The number of nitrogens with one attached hydrogen (secondary N) is 2. The molecule has 2 aromatic heterocycles. The second-order valence-electron chi connectivity index (χ2n) is 8.49. The molecule has 0 radical (unpaired) electrons. The van der Waals surface area contributed by atoms with E-state index < -0.39 is 0 Å². The van der Waals surface area contributed by atoms with Crippen molar-refractivity contribution in [3.05, 3.63) is 53.3 Å². The molecular weight excluding hydrogens is 496 g/mol. The van der Waals surface area contributed by atoms with E-state index in [0.29, 0.717) is 36.2 Å². The fourth-order valence-corrected chi connectivity index (χ4v) is 4.54. The molecule has 0 spiro atoms. The molecular formula is C26H31ClN6O4. The van der Waals surface area contributed by atoms with Crippen LogP contribution in [0.2, 0.25) is 0 Å². The first kappa shape index (κ1) is 26.2. The lowest BCUT2D eigenvalue weighted by molar-refractivity contribution is 0.353. The van der Waals surface area contributed by atoms with E-state index in [-0.39, 0.29) is 12.4 Å². The largest absolute Gasteiger partial charge is 0.493 e. The van der Waals surface area contributed by atoms with Crippen LogP contribution in [-0.2, 0) is 19.4 Å². The maximum Gasteiger partial charge on any atom is 0.226 e. The Labute approximate surface area is 221 Å². The zero-order valence-corrected chi connectivity index (χ0v) is 22.1. The molecule has 1 aliphatic heterocycles. The molecule has 0 saturated heterocycles. The van der Waals surface area contributed by atoms with Gasteiger partial charge in [0.1, 0.15) is 5.52 Å². The summed E-state index contributed by atoms with van der Waals surface area (Å²) in [5.41, 5.74) is 5.02. The first-order valence-corrected chi connectivity index (χ1v) is 11.8. The predicted octanol–water partition coefficient (Wildman–Crippen LogP) is 4.03. The Bertz CT molecular complexity index is 1380. The molecule has 0 amide bonds. The molecule has 0 atom stereocenters. The standard InChI is InChI=1S/C26H30N6O4.ClH/c1-33-19-6-5-16(11-20(19)34-2)7-9-27-26-30-24-23(28-15-29-24)25(31-26)32-10-8-17-12-21(35-3)22(36-4)13-18(17)14-32;/h5-6,11-13,15H,7-10,14H2,1-4H3,(H2,27,28,29,30,31);1H. The third-order valence-electron chi connectivity index (χ3n) is 6.43. The first-order valence-electron chi connectivity index (χ1n) is 11.8. The number of methoxy groups -OCH3 is 4. The van der Waals surface area contributed by atoms with Crippen LogP contribution in [0.1, 0.15) is 16.7 Å². The van der Waals surface area contributed by atoms with Gasteiger partial charge in [0.15, 0.2) is 34.5 Å². The Balaban J connectivity index is 0.00000320. The number of aromatic nitrogens is 4. The molecule has 11 heteroatoms. The Morgan fingerprint density at radius 1 is 0.892 bits per heavy atom. The second kappa shape index (κ2) is 11.4. The molecule has 0 fully saturated rings. The van der Waals surface area contributed by atoms with Gasteiger partial charge in [-0.2, -0.15) is 9.97 Å². The highest BCUT2D eigenvalue weighted by atomic mass is 35.5. The van der Waals surface area contributed by atoms with Crippen LogP contribution in [0.3, 0.4) is 0 Å². The number of fused-ring (bicyclic) bond motifs is 2. The van der Waals surface area contributed by atoms with Crippen molar-refractivity contribution in [2.75, 3.05) is 51.7 Å². The van der Waals surface area contributed by atoms with Gasteiger partial charge in [0, 0.05) is 19.6 Å². The molecule has 2 aromatic carbocycles. The van der Waals surface area contributed by atoms with Gasteiger partial charge in [-0.1, -0.05) is 6.07 Å². The van der Waals surface area contributed by atoms with Crippen LogP contribution in [-0.4, -0.2) is 61.5 Å². The van der Waals surface area contributed by atoms with Gasteiger partial charge in [-0.25, -0.2) is 4.98 Å². The zero-order valence-electron chi connectivity index (χ0n) is 21.3. The highest BCUT2D eigenvalue weighted by Gasteiger charge is 2.23. The summed E-state index contributed by atoms with van der Waals surface area (Å²) in [5.74, 6) is 4.28. The summed E-state index contributed by atoms with van der Waals surface area (Å²) in [4.78, 5) is 19.3. The summed E-state index contributed by atoms with van der Waals surface area (Å²) in [7, 11) is 6.59. The molecule has 0 aliphatic carbocycles. The van der Waals surface area contributed by atoms with E-state index >= 15 is 0 Å². The number of benzene rings is 2. The summed E-state index contributed by atoms with van der Waals surface area (Å²) in [6.45, 7) is 2.18. The van der Waals surface area contributed by atoms with Crippen LogP contribution < -0.4 is 29.2 Å². The number of anilines is 2. The number of aromatic amines is 1. The SMILES string of the molecule is COc1ccc(CCNc2nc(N3CCc4cc(OC)c(OC)cc4C3)c3[nH]cnc3n2)cc1OC.Cl. The van der Waals surface area contributed by atoms with Gasteiger partial charge in [-0.3, -0.25) is 0 Å². The van der Waals surface area contributed by atoms with E-state index in [1.807, 2.05) is 24.3 Å². The van der Waals surface area contributed by atoms with Crippen molar-refractivity contribution >= 4 is 35.3 Å². The lowest BCUT2D eigenvalue weighted by Crippen LogP contribution is -2.31. The number of nitrogens with zero attached hydrogens (tertiary/aromatic N) is 4. The highest BCUT2D eigenvalue weighted by Crippen LogP contribution is 2.35.